The van der Waals surface area contributed by atoms with Crippen LogP contribution in [-0.2, 0) is 10.0 Å². The second kappa shape index (κ2) is 6.21. The van der Waals surface area contributed by atoms with E-state index in [0.717, 1.165) is 18.2 Å². The van der Waals surface area contributed by atoms with Crippen molar-refractivity contribution in [1.82, 2.24) is 4.72 Å². The molecule has 1 unspecified atom stereocenters. The molecule has 0 aliphatic carbocycles. The molecule has 0 bridgehead atoms. The van der Waals surface area contributed by atoms with E-state index in [1.165, 1.54) is 0 Å². The van der Waals surface area contributed by atoms with Crippen LogP contribution in [0.4, 0.5) is 0 Å². The van der Waals surface area contributed by atoms with E-state index in [1.807, 2.05) is 27.7 Å². The van der Waals surface area contributed by atoms with Crippen LogP contribution in [-0.4, -0.2) is 25.5 Å². The van der Waals surface area contributed by atoms with Gasteiger partial charge in [-0.3, -0.25) is 0 Å². The van der Waals surface area contributed by atoms with Crippen LogP contribution in [0.2, 0.25) is 0 Å². The van der Waals surface area contributed by atoms with E-state index >= 15 is 0 Å². The predicted octanol–water partition coefficient (Wildman–Crippen LogP) is 2.52. The second-order valence-corrected chi connectivity index (χ2v) is 7.72. The molecule has 3 nitrogen and oxygen atoms in total. The van der Waals surface area contributed by atoms with Gasteiger partial charge in [0, 0.05) is 11.4 Å². The Kier molecular flexibility index (Phi) is 6.37. The summed E-state index contributed by atoms with van der Waals surface area (Å²) in [6, 6.07) is 0.0231. The van der Waals surface area contributed by atoms with E-state index in [1.54, 1.807) is 0 Å². The van der Waals surface area contributed by atoms with Gasteiger partial charge in [-0.25, -0.2) is 13.1 Å². The number of hydrogen-bond acceptors (Lipinski definition) is 2. The van der Waals surface area contributed by atoms with E-state index < -0.39 is 10.0 Å². The maximum atomic E-state index is 11.7. The lowest BCUT2D eigenvalue weighted by molar-refractivity contribution is 0.453. The van der Waals surface area contributed by atoms with Gasteiger partial charge < -0.3 is 0 Å². The molecule has 0 aromatic heterocycles. The summed E-state index contributed by atoms with van der Waals surface area (Å²) in [5.74, 6) is 0.179. The highest BCUT2D eigenvalue weighted by Crippen LogP contribution is 2.15. The van der Waals surface area contributed by atoms with E-state index in [9.17, 15) is 8.42 Å². The summed E-state index contributed by atoms with van der Waals surface area (Å²) in [7, 11) is -3.13. The maximum Gasteiger partial charge on any atom is 0.212 e. The Bertz CT molecular complexity index is 270. The highest BCUT2D eigenvalue weighted by molar-refractivity contribution is 9.09. The van der Waals surface area contributed by atoms with Crippen molar-refractivity contribution in [3.8, 4) is 0 Å². The van der Waals surface area contributed by atoms with E-state index in [-0.39, 0.29) is 17.2 Å². The van der Waals surface area contributed by atoms with Crippen LogP contribution in [0.25, 0.3) is 0 Å². The average Bonchev–Trinajstić information content (AvgIpc) is 1.94. The van der Waals surface area contributed by atoms with Gasteiger partial charge in [-0.2, -0.15) is 0 Å². The van der Waals surface area contributed by atoms with E-state index in [2.05, 4.69) is 20.7 Å². The molecule has 15 heavy (non-hydrogen) atoms. The lowest BCUT2D eigenvalue weighted by atomic mass is 10.0. The third kappa shape index (κ3) is 9.33. The Labute approximate surface area is 102 Å². The van der Waals surface area contributed by atoms with Crippen LogP contribution in [0.1, 0.15) is 40.5 Å². The molecule has 0 saturated carbocycles. The number of hydrogen-bond donors (Lipinski definition) is 1. The van der Waals surface area contributed by atoms with Gasteiger partial charge in [0.15, 0.2) is 0 Å². The highest BCUT2D eigenvalue weighted by Gasteiger charge is 2.22. The Balaban J connectivity index is 4.15. The van der Waals surface area contributed by atoms with Gasteiger partial charge in [0.1, 0.15) is 0 Å². The summed E-state index contributed by atoms with van der Waals surface area (Å²) in [5.41, 5.74) is -0.193. The van der Waals surface area contributed by atoms with Crippen molar-refractivity contribution < 1.29 is 8.42 Å². The molecular weight excluding hydrogens is 278 g/mol. The van der Waals surface area contributed by atoms with Crippen LogP contribution in [0.3, 0.4) is 0 Å². The predicted molar refractivity (Wildman–Crippen MR) is 68.9 cm³/mol. The third-order valence-electron chi connectivity index (χ3n) is 1.77. The van der Waals surface area contributed by atoms with Crippen LogP contribution in [0.15, 0.2) is 0 Å². The highest BCUT2D eigenvalue weighted by atomic mass is 79.9. The fourth-order valence-electron chi connectivity index (χ4n) is 1.36. The van der Waals surface area contributed by atoms with Crippen LogP contribution < -0.4 is 4.72 Å². The van der Waals surface area contributed by atoms with Crippen molar-refractivity contribution in [1.29, 1.82) is 0 Å². The molecule has 0 aromatic carbocycles. The molecule has 0 aromatic rings. The lowest BCUT2D eigenvalue weighted by Crippen LogP contribution is -2.37. The standard InChI is InChI=1S/C10H22BrNO2S/c1-9(6-5-7-11)12-15(13,14)8-10(2,3)4/h9,12H,5-8H2,1-4H3. The minimum atomic E-state index is -3.13. The van der Waals surface area contributed by atoms with Crippen molar-refractivity contribution in [3.05, 3.63) is 0 Å². The van der Waals surface area contributed by atoms with Crippen LogP contribution in [0, 0.1) is 5.41 Å². The second-order valence-electron chi connectivity index (χ2n) is 5.17. The molecule has 92 valence electrons. The molecule has 0 amide bonds. The van der Waals surface area contributed by atoms with Gasteiger partial charge in [-0.05, 0) is 25.2 Å². The molecule has 0 saturated heterocycles. The molecular formula is C10H22BrNO2S. The normalized spacial score (nSPS) is 15.3. The molecule has 0 aliphatic heterocycles. The number of sulfonamides is 1. The molecule has 1 atom stereocenters. The fraction of sp³-hybridized carbons (Fsp3) is 1.00. The molecule has 0 heterocycles. The smallest absolute Gasteiger partial charge is 0.212 e. The zero-order valence-corrected chi connectivity index (χ0v) is 12.4. The first-order chi connectivity index (χ1) is 6.66. The Morgan fingerprint density at radius 2 is 1.87 bits per heavy atom. The van der Waals surface area contributed by atoms with E-state index in [0.29, 0.717) is 0 Å². The number of rotatable bonds is 6. The molecule has 0 rings (SSSR count). The quantitative estimate of drug-likeness (QED) is 0.766. The third-order valence-corrected chi connectivity index (χ3v) is 4.34. The Hall–Kier alpha value is 0.390. The number of alkyl halides is 1. The summed E-state index contributed by atoms with van der Waals surface area (Å²) >= 11 is 3.33. The zero-order valence-electron chi connectivity index (χ0n) is 10.0. The lowest BCUT2D eigenvalue weighted by Gasteiger charge is -2.20. The summed E-state index contributed by atoms with van der Waals surface area (Å²) in [6.45, 7) is 7.68. The zero-order chi connectivity index (χ0) is 12.1. The first-order valence-corrected chi connectivity index (χ1v) is 7.99. The largest absolute Gasteiger partial charge is 0.212 e. The van der Waals surface area contributed by atoms with E-state index in [4.69, 9.17) is 0 Å². The summed E-state index contributed by atoms with van der Waals surface area (Å²) in [4.78, 5) is 0. The van der Waals surface area contributed by atoms with Gasteiger partial charge in [-0.1, -0.05) is 36.7 Å². The SMILES string of the molecule is CC(CCCBr)NS(=O)(=O)CC(C)(C)C. The Morgan fingerprint density at radius 3 is 2.27 bits per heavy atom. The minimum absolute atomic E-state index is 0.0231. The minimum Gasteiger partial charge on any atom is -0.212 e. The average molecular weight is 300 g/mol. The van der Waals surface area contributed by atoms with Crippen LogP contribution >= 0.6 is 15.9 Å². The van der Waals surface area contributed by atoms with Crippen molar-refractivity contribution in [2.24, 2.45) is 5.41 Å². The molecule has 0 radical (unpaired) electrons. The topological polar surface area (TPSA) is 46.2 Å². The first kappa shape index (κ1) is 15.4. The summed E-state index contributed by atoms with van der Waals surface area (Å²) < 4.78 is 26.1. The first-order valence-electron chi connectivity index (χ1n) is 5.22. The van der Waals surface area contributed by atoms with Gasteiger partial charge in [0.25, 0.3) is 0 Å². The van der Waals surface area contributed by atoms with Crippen molar-refractivity contribution >= 4 is 26.0 Å². The molecule has 0 aliphatic rings. The summed E-state index contributed by atoms with van der Waals surface area (Å²) in [5, 5.41) is 0.915. The monoisotopic (exact) mass is 299 g/mol. The van der Waals surface area contributed by atoms with Gasteiger partial charge in [0.2, 0.25) is 10.0 Å². The number of nitrogens with one attached hydrogen (secondary N) is 1. The van der Waals surface area contributed by atoms with Crippen molar-refractivity contribution in [3.63, 3.8) is 0 Å². The molecule has 5 heteroatoms. The molecule has 0 fully saturated rings. The van der Waals surface area contributed by atoms with Gasteiger partial charge >= 0.3 is 0 Å². The fourth-order valence-corrected chi connectivity index (χ4v) is 3.64. The molecule has 0 spiro atoms. The summed E-state index contributed by atoms with van der Waals surface area (Å²) in [6.07, 6.45) is 1.85. The van der Waals surface area contributed by atoms with Crippen molar-refractivity contribution in [2.75, 3.05) is 11.1 Å². The number of halogens is 1. The van der Waals surface area contributed by atoms with Gasteiger partial charge in [0.05, 0.1) is 5.75 Å². The van der Waals surface area contributed by atoms with Gasteiger partial charge in [-0.15, -0.1) is 0 Å². The van der Waals surface area contributed by atoms with Crippen molar-refractivity contribution in [2.45, 2.75) is 46.6 Å². The van der Waals surface area contributed by atoms with Crippen LogP contribution in [0.5, 0.6) is 0 Å². The Morgan fingerprint density at radius 1 is 1.33 bits per heavy atom. The maximum absolute atomic E-state index is 11.7. The molecule has 1 N–H and O–H groups in total.